The Morgan fingerprint density at radius 1 is 1.10 bits per heavy atom. The highest BCUT2D eigenvalue weighted by atomic mass is 15.3. The van der Waals surface area contributed by atoms with Gasteiger partial charge in [0.05, 0.1) is 0 Å². The molecule has 1 atom stereocenters. The topological polar surface area (TPSA) is 35.7 Å². The molecule has 0 spiro atoms. The first-order valence-electron chi connectivity index (χ1n) is 8.15. The highest BCUT2D eigenvalue weighted by Crippen LogP contribution is 2.30. The number of nitrogens with zero attached hydrogens (tertiary/aromatic N) is 3. The second-order valence-corrected chi connectivity index (χ2v) is 6.50. The average Bonchev–Trinajstić information content (AvgIpc) is 2.50. The SMILES string of the molecule is CN1CCN(C(CN)c2ccc3c(c2)CCCN3C)CC1. The fourth-order valence-electron chi connectivity index (χ4n) is 3.64. The summed E-state index contributed by atoms with van der Waals surface area (Å²) in [5.41, 5.74) is 10.4. The third-order valence-corrected chi connectivity index (χ3v) is 5.04. The Hall–Kier alpha value is -1.10. The Labute approximate surface area is 128 Å². The molecule has 1 saturated heterocycles. The molecule has 2 heterocycles. The Bertz CT molecular complexity index is 480. The van der Waals surface area contributed by atoms with Crippen LogP contribution in [-0.2, 0) is 6.42 Å². The van der Waals surface area contributed by atoms with Crippen molar-refractivity contribution in [2.75, 3.05) is 58.3 Å². The molecule has 2 N–H and O–H groups in total. The van der Waals surface area contributed by atoms with Crippen molar-refractivity contribution in [3.05, 3.63) is 29.3 Å². The van der Waals surface area contributed by atoms with Crippen LogP contribution in [0.3, 0.4) is 0 Å². The summed E-state index contributed by atoms with van der Waals surface area (Å²) in [7, 11) is 4.39. The lowest BCUT2D eigenvalue weighted by Crippen LogP contribution is -2.47. The van der Waals surface area contributed by atoms with Gasteiger partial charge in [0.15, 0.2) is 0 Å². The van der Waals surface area contributed by atoms with Gasteiger partial charge in [0.25, 0.3) is 0 Å². The lowest BCUT2D eigenvalue weighted by Gasteiger charge is -2.38. The molecular formula is C17H28N4. The van der Waals surface area contributed by atoms with E-state index in [0.29, 0.717) is 12.6 Å². The van der Waals surface area contributed by atoms with Crippen molar-refractivity contribution in [2.24, 2.45) is 5.73 Å². The van der Waals surface area contributed by atoms with Crippen LogP contribution < -0.4 is 10.6 Å². The zero-order valence-electron chi connectivity index (χ0n) is 13.4. The van der Waals surface area contributed by atoms with Gasteiger partial charge >= 0.3 is 0 Å². The van der Waals surface area contributed by atoms with E-state index in [4.69, 9.17) is 5.73 Å². The third kappa shape index (κ3) is 3.07. The molecule has 2 aliphatic heterocycles. The van der Waals surface area contributed by atoms with Gasteiger partial charge in [-0.2, -0.15) is 0 Å². The first kappa shape index (κ1) is 14.8. The minimum absolute atomic E-state index is 0.372. The van der Waals surface area contributed by atoms with E-state index in [0.717, 1.165) is 26.2 Å². The van der Waals surface area contributed by atoms with Crippen molar-refractivity contribution in [1.82, 2.24) is 9.80 Å². The molecule has 0 amide bonds. The number of anilines is 1. The Morgan fingerprint density at radius 2 is 1.86 bits per heavy atom. The zero-order chi connectivity index (χ0) is 14.8. The number of fused-ring (bicyclic) bond motifs is 1. The van der Waals surface area contributed by atoms with E-state index >= 15 is 0 Å². The molecule has 0 saturated carbocycles. The molecule has 116 valence electrons. The second kappa shape index (κ2) is 6.34. The number of benzene rings is 1. The molecule has 0 radical (unpaired) electrons. The fourth-order valence-corrected chi connectivity index (χ4v) is 3.64. The molecular weight excluding hydrogens is 260 g/mol. The van der Waals surface area contributed by atoms with Gasteiger partial charge in [0, 0.05) is 58.0 Å². The molecule has 0 bridgehead atoms. The first-order valence-corrected chi connectivity index (χ1v) is 8.15. The van der Waals surface area contributed by atoms with Crippen molar-refractivity contribution in [3.63, 3.8) is 0 Å². The van der Waals surface area contributed by atoms with E-state index in [1.54, 1.807) is 0 Å². The van der Waals surface area contributed by atoms with Crippen LogP contribution in [0.1, 0.15) is 23.6 Å². The summed E-state index contributed by atoms with van der Waals surface area (Å²) >= 11 is 0. The fraction of sp³-hybridized carbons (Fsp3) is 0.647. The van der Waals surface area contributed by atoms with Gasteiger partial charge in [-0.1, -0.05) is 12.1 Å². The van der Waals surface area contributed by atoms with E-state index < -0.39 is 0 Å². The van der Waals surface area contributed by atoms with Crippen LogP contribution in [0.25, 0.3) is 0 Å². The molecule has 21 heavy (non-hydrogen) atoms. The van der Waals surface area contributed by atoms with Crippen LogP contribution >= 0.6 is 0 Å². The van der Waals surface area contributed by atoms with Crippen molar-refractivity contribution in [1.29, 1.82) is 0 Å². The van der Waals surface area contributed by atoms with E-state index in [2.05, 4.69) is 47.0 Å². The molecule has 4 nitrogen and oxygen atoms in total. The first-order chi connectivity index (χ1) is 10.2. The van der Waals surface area contributed by atoms with Gasteiger partial charge in [0.2, 0.25) is 0 Å². The number of piperazine rings is 1. The predicted octanol–water partition coefficient (Wildman–Crippen LogP) is 1.32. The maximum absolute atomic E-state index is 6.11. The number of nitrogens with two attached hydrogens (primary N) is 1. The third-order valence-electron chi connectivity index (χ3n) is 5.04. The summed E-state index contributed by atoms with van der Waals surface area (Å²) in [6.45, 7) is 6.41. The summed E-state index contributed by atoms with van der Waals surface area (Å²) in [6, 6.07) is 7.36. The Balaban J connectivity index is 1.81. The minimum Gasteiger partial charge on any atom is -0.374 e. The highest BCUT2D eigenvalue weighted by Gasteiger charge is 2.24. The quantitative estimate of drug-likeness (QED) is 0.910. The van der Waals surface area contributed by atoms with Crippen molar-refractivity contribution >= 4 is 5.69 Å². The monoisotopic (exact) mass is 288 g/mol. The molecule has 2 aliphatic rings. The van der Waals surface area contributed by atoms with Gasteiger partial charge in [-0.05, 0) is 37.1 Å². The maximum Gasteiger partial charge on any atom is 0.0471 e. The van der Waals surface area contributed by atoms with Crippen molar-refractivity contribution < 1.29 is 0 Å². The molecule has 0 aliphatic carbocycles. The van der Waals surface area contributed by atoms with Crippen LogP contribution in [-0.4, -0.2) is 63.2 Å². The van der Waals surface area contributed by atoms with Gasteiger partial charge in [-0.15, -0.1) is 0 Å². The molecule has 0 aromatic heterocycles. The highest BCUT2D eigenvalue weighted by molar-refractivity contribution is 5.56. The van der Waals surface area contributed by atoms with E-state index in [-0.39, 0.29) is 0 Å². The molecule has 1 aromatic rings. The van der Waals surface area contributed by atoms with Crippen molar-refractivity contribution in [2.45, 2.75) is 18.9 Å². The van der Waals surface area contributed by atoms with E-state index in [1.165, 1.54) is 36.2 Å². The summed E-state index contributed by atoms with van der Waals surface area (Å²) in [4.78, 5) is 7.32. The summed E-state index contributed by atoms with van der Waals surface area (Å²) in [5.74, 6) is 0. The largest absolute Gasteiger partial charge is 0.374 e. The Kier molecular flexibility index (Phi) is 4.48. The molecule has 4 heteroatoms. The van der Waals surface area contributed by atoms with Crippen LogP contribution in [0.4, 0.5) is 5.69 Å². The normalized spacial score (nSPS) is 22.1. The lowest BCUT2D eigenvalue weighted by atomic mass is 9.95. The van der Waals surface area contributed by atoms with Crippen molar-refractivity contribution in [3.8, 4) is 0 Å². The number of aryl methyl sites for hydroxylation is 1. The number of rotatable bonds is 3. The molecule has 1 fully saturated rings. The molecule has 1 unspecified atom stereocenters. The van der Waals surface area contributed by atoms with E-state index in [1.807, 2.05) is 0 Å². The van der Waals surface area contributed by atoms with Gasteiger partial charge in [-0.25, -0.2) is 0 Å². The number of hydrogen-bond donors (Lipinski definition) is 1. The van der Waals surface area contributed by atoms with E-state index in [9.17, 15) is 0 Å². The summed E-state index contributed by atoms with van der Waals surface area (Å²) < 4.78 is 0. The van der Waals surface area contributed by atoms with Gasteiger partial charge < -0.3 is 15.5 Å². The summed E-state index contributed by atoms with van der Waals surface area (Å²) in [5, 5.41) is 0. The standard InChI is InChI=1S/C17H28N4/c1-19-8-10-21(11-9-19)17(13-18)15-5-6-16-14(12-15)4-3-7-20(16)2/h5-6,12,17H,3-4,7-11,13,18H2,1-2H3. The zero-order valence-corrected chi connectivity index (χ0v) is 13.4. The average molecular weight is 288 g/mol. The number of hydrogen-bond acceptors (Lipinski definition) is 4. The molecule has 3 rings (SSSR count). The Morgan fingerprint density at radius 3 is 2.57 bits per heavy atom. The predicted molar refractivity (Wildman–Crippen MR) is 88.9 cm³/mol. The second-order valence-electron chi connectivity index (χ2n) is 6.50. The van der Waals surface area contributed by atoms with Gasteiger partial charge in [-0.3, -0.25) is 4.90 Å². The lowest BCUT2D eigenvalue weighted by molar-refractivity contribution is 0.114. The van der Waals surface area contributed by atoms with Crippen LogP contribution in [0.5, 0.6) is 0 Å². The van der Waals surface area contributed by atoms with Crippen LogP contribution in [0, 0.1) is 0 Å². The maximum atomic E-state index is 6.11. The van der Waals surface area contributed by atoms with Gasteiger partial charge in [0.1, 0.15) is 0 Å². The summed E-state index contributed by atoms with van der Waals surface area (Å²) in [6.07, 6.45) is 2.46. The molecule has 1 aromatic carbocycles. The van der Waals surface area contributed by atoms with Crippen LogP contribution in [0.2, 0.25) is 0 Å². The number of likely N-dealkylation sites (N-methyl/N-ethyl adjacent to an activating group) is 1. The van der Waals surface area contributed by atoms with Crippen LogP contribution in [0.15, 0.2) is 18.2 Å². The minimum atomic E-state index is 0.372. The smallest absolute Gasteiger partial charge is 0.0471 e.